The van der Waals surface area contributed by atoms with Gasteiger partial charge in [0.05, 0.1) is 13.2 Å². The maximum atomic E-state index is 11.5. The van der Waals surface area contributed by atoms with E-state index in [9.17, 15) is 9.59 Å². The molecule has 0 saturated carbocycles. The minimum absolute atomic E-state index is 0.0379. The monoisotopic (exact) mass is 468 g/mol. The van der Waals surface area contributed by atoms with Crippen LogP contribution in [0.2, 0.25) is 0 Å². The average Bonchev–Trinajstić information content (AvgIpc) is 2.54. The van der Waals surface area contributed by atoms with Crippen LogP contribution in [0.25, 0.3) is 0 Å². The Morgan fingerprint density at radius 1 is 0.636 bits per heavy atom. The molecule has 0 spiro atoms. The van der Waals surface area contributed by atoms with Gasteiger partial charge in [0, 0.05) is 74.8 Å². The Morgan fingerprint density at radius 3 is 1.15 bits per heavy atom. The number of hydrogen-bond donors (Lipinski definition) is 0. The third kappa shape index (κ3) is 7.40. The van der Waals surface area contributed by atoms with Gasteiger partial charge in [0.2, 0.25) is 0 Å². The van der Waals surface area contributed by atoms with Crippen molar-refractivity contribution in [3.8, 4) is 0 Å². The third-order valence-electron chi connectivity index (χ3n) is 7.42. The predicted octanol–water partition coefficient (Wildman–Crippen LogP) is 4.17. The molecule has 33 heavy (non-hydrogen) atoms. The van der Waals surface area contributed by atoms with Gasteiger partial charge >= 0.3 is 11.9 Å². The van der Waals surface area contributed by atoms with Gasteiger partial charge in [0.1, 0.15) is 12.2 Å². The van der Waals surface area contributed by atoms with Crippen LogP contribution in [-0.2, 0) is 23.8 Å². The summed E-state index contributed by atoms with van der Waals surface area (Å²) >= 11 is 0. The zero-order chi connectivity index (χ0) is 25.2. The van der Waals surface area contributed by atoms with Gasteiger partial charge in [-0.05, 0) is 55.4 Å². The molecule has 0 aromatic rings. The van der Waals surface area contributed by atoms with Crippen molar-refractivity contribution in [3.05, 3.63) is 0 Å². The van der Waals surface area contributed by atoms with Crippen molar-refractivity contribution in [3.63, 3.8) is 0 Å². The second-order valence-corrected chi connectivity index (χ2v) is 12.4. The van der Waals surface area contributed by atoms with Crippen LogP contribution in [0.5, 0.6) is 0 Å². The van der Waals surface area contributed by atoms with Crippen molar-refractivity contribution in [1.29, 1.82) is 0 Å². The summed E-state index contributed by atoms with van der Waals surface area (Å²) in [6.45, 7) is 23.8. The van der Waals surface area contributed by atoms with Crippen LogP contribution in [0.3, 0.4) is 0 Å². The first-order valence-corrected chi connectivity index (χ1v) is 12.4. The lowest BCUT2D eigenvalue weighted by atomic mass is 9.78. The summed E-state index contributed by atoms with van der Waals surface area (Å²) in [5.41, 5.74) is -0.302. The van der Waals surface area contributed by atoms with Crippen molar-refractivity contribution in [1.82, 2.24) is 9.80 Å². The van der Waals surface area contributed by atoms with Gasteiger partial charge in [-0.3, -0.25) is 19.4 Å². The molecule has 0 aliphatic carbocycles. The van der Waals surface area contributed by atoms with Gasteiger partial charge in [-0.25, -0.2) is 0 Å². The number of hydrogen-bond acceptors (Lipinski definition) is 7. The van der Waals surface area contributed by atoms with E-state index < -0.39 is 0 Å². The van der Waals surface area contributed by atoms with Crippen LogP contribution in [0, 0.1) is 0 Å². The quantitative estimate of drug-likeness (QED) is 0.391. The maximum Gasteiger partial charge on any atom is 0.302 e. The molecule has 2 saturated heterocycles. The van der Waals surface area contributed by atoms with Crippen LogP contribution in [0.15, 0.2) is 0 Å². The highest BCUT2D eigenvalue weighted by atomic mass is 16.5. The van der Waals surface area contributed by atoms with Crippen LogP contribution in [0.1, 0.15) is 94.9 Å². The Morgan fingerprint density at radius 2 is 0.909 bits per heavy atom. The number of esters is 2. The molecule has 2 aliphatic heterocycles. The average molecular weight is 469 g/mol. The highest BCUT2D eigenvalue weighted by molar-refractivity contribution is 5.66. The highest BCUT2D eigenvalue weighted by Crippen LogP contribution is 2.40. The van der Waals surface area contributed by atoms with E-state index in [4.69, 9.17) is 14.2 Å². The van der Waals surface area contributed by atoms with E-state index in [1.807, 2.05) is 0 Å². The van der Waals surface area contributed by atoms with Crippen molar-refractivity contribution in [2.75, 3.05) is 26.3 Å². The van der Waals surface area contributed by atoms with Crippen LogP contribution >= 0.6 is 0 Å². The lowest BCUT2D eigenvalue weighted by Gasteiger charge is -2.55. The number of piperidine rings is 2. The molecule has 2 aliphatic rings. The molecule has 0 atom stereocenters. The Bertz CT molecular complexity index is 607. The highest BCUT2D eigenvalue weighted by Gasteiger charge is 2.47. The standard InChI is InChI=1S/C26H48N2O5/c1-19(29)32-21-15-23(3,4)27(24(5,6)16-21)11-13-31-14-12-28-25(7,8)17-22(33-20(2)30)18-26(28,9)10/h21-22H,11-18H2,1-10H3. The molecule has 0 bridgehead atoms. The molecule has 2 rings (SSSR count). The van der Waals surface area contributed by atoms with Crippen molar-refractivity contribution in [2.45, 2.75) is 129 Å². The van der Waals surface area contributed by atoms with E-state index in [1.54, 1.807) is 0 Å². The van der Waals surface area contributed by atoms with Crippen LogP contribution < -0.4 is 0 Å². The smallest absolute Gasteiger partial charge is 0.302 e. The third-order valence-corrected chi connectivity index (χ3v) is 7.42. The molecule has 0 radical (unpaired) electrons. The summed E-state index contributed by atoms with van der Waals surface area (Å²) in [5.74, 6) is -0.405. The molecule has 2 heterocycles. The number of ether oxygens (including phenoxy) is 3. The largest absolute Gasteiger partial charge is 0.462 e. The molecule has 0 N–H and O–H groups in total. The number of likely N-dealkylation sites (tertiary alicyclic amines) is 2. The van der Waals surface area contributed by atoms with E-state index in [2.05, 4.69) is 65.2 Å². The van der Waals surface area contributed by atoms with Crippen LogP contribution in [-0.4, -0.2) is 82.4 Å². The summed E-state index contributed by atoms with van der Waals surface area (Å²) < 4.78 is 17.3. The SMILES string of the molecule is CC(=O)OC1CC(C)(C)N(CCOCCN2C(C)(C)CC(OC(C)=O)CC2(C)C)C(C)(C)C1. The van der Waals surface area contributed by atoms with E-state index in [-0.39, 0.29) is 46.3 Å². The molecule has 2 fully saturated rings. The fraction of sp³-hybridized carbons (Fsp3) is 0.923. The second-order valence-electron chi connectivity index (χ2n) is 12.4. The predicted molar refractivity (Wildman–Crippen MR) is 130 cm³/mol. The fourth-order valence-electron chi connectivity index (χ4n) is 6.71. The molecule has 7 heteroatoms. The fourth-order valence-corrected chi connectivity index (χ4v) is 6.71. The Hall–Kier alpha value is -1.18. The zero-order valence-corrected chi connectivity index (χ0v) is 22.7. The number of carbonyl (C=O) groups is 2. The van der Waals surface area contributed by atoms with Gasteiger partial charge in [-0.1, -0.05) is 0 Å². The molecule has 7 nitrogen and oxygen atoms in total. The summed E-state index contributed by atoms with van der Waals surface area (Å²) in [5, 5.41) is 0. The summed E-state index contributed by atoms with van der Waals surface area (Å²) in [7, 11) is 0. The number of rotatable bonds is 8. The lowest BCUT2D eigenvalue weighted by Crippen LogP contribution is -2.63. The van der Waals surface area contributed by atoms with Gasteiger partial charge in [-0.2, -0.15) is 0 Å². The summed E-state index contributed by atoms with van der Waals surface area (Å²) in [6, 6.07) is 0. The second kappa shape index (κ2) is 10.2. The van der Waals surface area contributed by atoms with Crippen molar-refractivity contribution >= 4 is 11.9 Å². The van der Waals surface area contributed by atoms with Crippen molar-refractivity contribution in [2.24, 2.45) is 0 Å². The Balaban J connectivity index is 1.88. The normalized spacial score (nSPS) is 25.5. The molecule has 0 aromatic carbocycles. The van der Waals surface area contributed by atoms with Crippen molar-refractivity contribution < 1.29 is 23.8 Å². The Kier molecular flexibility index (Phi) is 8.68. The summed E-state index contributed by atoms with van der Waals surface area (Å²) in [4.78, 5) is 27.9. The minimum atomic E-state index is -0.203. The van der Waals surface area contributed by atoms with E-state index >= 15 is 0 Å². The molecule has 0 amide bonds. The molecule has 0 unspecified atom stereocenters. The van der Waals surface area contributed by atoms with E-state index in [0.29, 0.717) is 13.2 Å². The minimum Gasteiger partial charge on any atom is -0.462 e. The van der Waals surface area contributed by atoms with Gasteiger partial charge < -0.3 is 14.2 Å². The topological polar surface area (TPSA) is 68.3 Å². The number of nitrogens with zero attached hydrogens (tertiary/aromatic N) is 2. The first-order chi connectivity index (χ1) is 15.0. The molecule has 0 aromatic heterocycles. The summed E-state index contributed by atoms with van der Waals surface area (Å²) in [6.07, 6.45) is 3.24. The first kappa shape index (κ1) is 28.1. The number of carbonyl (C=O) groups excluding carboxylic acids is 2. The zero-order valence-electron chi connectivity index (χ0n) is 22.7. The lowest BCUT2D eigenvalue weighted by molar-refractivity contribution is -0.158. The van der Waals surface area contributed by atoms with Gasteiger partial charge in [0.25, 0.3) is 0 Å². The van der Waals surface area contributed by atoms with E-state index in [1.165, 1.54) is 13.8 Å². The molecular weight excluding hydrogens is 420 g/mol. The maximum absolute atomic E-state index is 11.5. The van der Waals surface area contributed by atoms with Gasteiger partial charge in [-0.15, -0.1) is 0 Å². The van der Waals surface area contributed by atoms with Gasteiger partial charge in [0.15, 0.2) is 0 Å². The van der Waals surface area contributed by atoms with Crippen LogP contribution in [0.4, 0.5) is 0 Å². The molecular formula is C26H48N2O5. The van der Waals surface area contributed by atoms with E-state index in [0.717, 1.165) is 38.8 Å². The Labute approximate surface area is 201 Å². The first-order valence-electron chi connectivity index (χ1n) is 12.4. The molecule has 192 valence electrons.